The molecule has 124 valence electrons. The normalized spacial score (nSPS) is 11.2. The number of H-pyrrole nitrogens is 1. The van der Waals surface area contributed by atoms with Crippen molar-refractivity contribution in [2.24, 2.45) is 0 Å². The van der Waals surface area contributed by atoms with Crippen molar-refractivity contribution in [1.82, 2.24) is 20.2 Å². The third-order valence-corrected chi connectivity index (χ3v) is 4.12. The SMILES string of the molecule is OCc1cnc2ccc(-c3cn[nH]c3-c3cc(Cl)ccc3F)nc2c1. The van der Waals surface area contributed by atoms with Gasteiger partial charge in [0, 0.05) is 22.3 Å². The van der Waals surface area contributed by atoms with Crippen molar-refractivity contribution in [2.45, 2.75) is 6.61 Å². The third-order valence-electron chi connectivity index (χ3n) is 3.89. The van der Waals surface area contributed by atoms with Crippen LogP contribution in [0.4, 0.5) is 4.39 Å². The molecular weight excluding hydrogens is 343 g/mol. The number of benzene rings is 1. The van der Waals surface area contributed by atoms with Crippen molar-refractivity contribution < 1.29 is 9.50 Å². The molecule has 25 heavy (non-hydrogen) atoms. The third kappa shape index (κ3) is 2.86. The zero-order valence-electron chi connectivity index (χ0n) is 12.9. The molecule has 0 aliphatic carbocycles. The van der Waals surface area contributed by atoms with Crippen LogP contribution in [0, 0.1) is 5.82 Å². The number of hydrogen-bond donors (Lipinski definition) is 2. The van der Waals surface area contributed by atoms with Crippen LogP contribution < -0.4 is 0 Å². The topological polar surface area (TPSA) is 74.7 Å². The maximum Gasteiger partial charge on any atom is 0.132 e. The van der Waals surface area contributed by atoms with Crippen molar-refractivity contribution in [3.8, 4) is 22.5 Å². The quantitative estimate of drug-likeness (QED) is 0.583. The number of aliphatic hydroxyl groups is 1. The Morgan fingerprint density at radius 1 is 1.04 bits per heavy atom. The summed E-state index contributed by atoms with van der Waals surface area (Å²) >= 11 is 6.00. The van der Waals surface area contributed by atoms with E-state index in [0.717, 1.165) is 0 Å². The summed E-state index contributed by atoms with van der Waals surface area (Å²) in [5, 5.41) is 16.5. The molecule has 0 saturated heterocycles. The van der Waals surface area contributed by atoms with E-state index < -0.39 is 5.82 Å². The number of rotatable bonds is 3. The minimum absolute atomic E-state index is 0.112. The fourth-order valence-corrected chi connectivity index (χ4v) is 2.83. The number of fused-ring (bicyclic) bond motifs is 1. The van der Waals surface area contributed by atoms with Gasteiger partial charge in [-0.05, 0) is 42.0 Å². The van der Waals surface area contributed by atoms with Gasteiger partial charge in [0.25, 0.3) is 0 Å². The lowest BCUT2D eigenvalue weighted by Gasteiger charge is -2.06. The number of nitrogens with one attached hydrogen (secondary N) is 1. The predicted molar refractivity (Wildman–Crippen MR) is 93.4 cm³/mol. The summed E-state index contributed by atoms with van der Waals surface area (Å²) < 4.78 is 14.2. The first-order valence-corrected chi connectivity index (χ1v) is 7.89. The van der Waals surface area contributed by atoms with Gasteiger partial charge in [-0.2, -0.15) is 5.10 Å². The standard InChI is InChI=1S/C18H12ClFN4O/c19-11-1-2-14(20)12(6-11)18-13(8-22-24-18)15-3-4-16-17(23-15)5-10(9-25)7-21-16/h1-8,25H,9H2,(H,22,24). The van der Waals surface area contributed by atoms with Gasteiger partial charge in [-0.3, -0.25) is 10.1 Å². The molecule has 4 aromatic rings. The van der Waals surface area contributed by atoms with E-state index in [9.17, 15) is 9.50 Å². The van der Waals surface area contributed by atoms with E-state index in [2.05, 4.69) is 20.2 Å². The minimum atomic E-state index is -0.403. The summed E-state index contributed by atoms with van der Waals surface area (Å²) in [6.45, 7) is -0.112. The zero-order valence-corrected chi connectivity index (χ0v) is 13.6. The molecule has 0 bridgehead atoms. The summed E-state index contributed by atoms with van der Waals surface area (Å²) in [7, 11) is 0. The number of pyridine rings is 2. The molecule has 5 nitrogen and oxygen atoms in total. The fraction of sp³-hybridized carbons (Fsp3) is 0.0556. The molecule has 0 saturated carbocycles. The molecule has 7 heteroatoms. The van der Waals surface area contributed by atoms with Crippen LogP contribution in [0.3, 0.4) is 0 Å². The lowest BCUT2D eigenvalue weighted by molar-refractivity contribution is 0.281. The van der Waals surface area contributed by atoms with Crippen molar-refractivity contribution in [3.05, 3.63) is 65.2 Å². The summed E-state index contributed by atoms with van der Waals surface area (Å²) in [6, 6.07) is 9.74. The first kappa shape index (κ1) is 15.7. The summed E-state index contributed by atoms with van der Waals surface area (Å²) in [5.74, 6) is -0.403. The lowest BCUT2D eigenvalue weighted by atomic mass is 10.0. The van der Waals surface area contributed by atoms with E-state index in [0.29, 0.717) is 44.1 Å². The van der Waals surface area contributed by atoms with Crippen LogP contribution in [0.1, 0.15) is 5.56 Å². The van der Waals surface area contributed by atoms with Gasteiger partial charge in [0.05, 0.1) is 35.2 Å². The Bertz CT molecular complexity index is 1080. The molecule has 0 radical (unpaired) electrons. The first-order chi connectivity index (χ1) is 12.2. The number of aliphatic hydroxyl groups excluding tert-OH is 1. The van der Waals surface area contributed by atoms with E-state index in [1.54, 1.807) is 30.6 Å². The largest absolute Gasteiger partial charge is 0.392 e. The van der Waals surface area contributed by atoms with E-state index in [1.807, 2.05) is 6.07 Å². The maximum absolute atomic E-state index is 14.2. The van der Waals surface area contributed by atoms with Gasteiger partial charge in [0.15, 0.2) is 0 Å². The smallest absolute Gasteiger partial charge is 0.132 e. The number of aromatic nitrogens is 4. The molecule has 0 amide bonds. The molecule has 2 N–H and O–H groups in total. The molecular formula is C18H12ClFN4O. The van der Waals surface area contributed by atoms with E-state index >= 15 is 0 Å². The maximum atomic E-state index is 14.2. The highest BCUT2D eigenvalue weighted by atomic mass is 35.5. The zero-order chi connectivity index (χ0) is 17.4. The van der Waals surface area contributed by atoms with Crippen LogP contribution in [0.2, 0.25) is 5.02 Å². The first-order valence-electron chi connectivity index (χ1n) is 7.51. The molecule has 0 aliphatic heterocycles. The van der Waals surface area contributed by atoms with Gasteiger partial charge < -0.3 is 5.11 Å². The average molecular weight is 355 g/mol. The molecule has 0 spiro atoms. The number of nitrogens with zero attached hydrogens (tertiary/aromatic N) is 3. The van der Waals surface area contributed by atoms with E-state index in [-0.39, 0.29) is 6.61 Å². The Balaban J connectivity index is 1.87. The number of halogens is 2. The Morgan fingerprint density at radius 2 is 1.92 bits per heavy atom. The van der Waals surface area contributed by atoms with Crippen LogP contribution >= 0.6 is 11.6 Å². The lowest BCUT2D eigenvalue weighted by Crippen LogP contribution is -1.92. The Labute approximate surface area is 147 Å². The van der Waals surface area contributed by atoms with Crippen molar-refractivity contribution >= 4 is 22.6 Å². The van der Waals surface area contributed by atoms with E-state index in [4.69, 9.17) is 11.6 Å². The molecule has 3 aromatic heterocycles. The van der Waals surface area contributed by atoms with Crippen molar-refractivity contribution in [1.29, 1.82) is 0 Å². The number of aromatic amines is 1. The second-order valence-corrected chi connectivity index (χ2v) is 5.96. The highest BCUT2D eigenvalue weighted by Crippen LogP contribution is 2.32. The Hall–Kier alpha value is -2.83. The Morgan fingerprint density at radius 3 is 2.76 bits per heavy atom. The van der Waals surface area contributed by atoms with Gasteiger partial charge in [-0.1, -0.05) is 11.6 Å². The minimum Gasteiger partial charge on any atom is -0.392 e. The van der Waals surface area contributed by atoms with Gasteiger partial charge in [0.1, 0.15) is 5.82 Å². The molecule has 3 heterocycles. The molecule has 0 aliphatic rings. The van der Waals surface area contributed by atoms with Gasteiger partial charge in [-0.15, -0.1) is 0 Å². The van der Waals surface area contributed by atoms with Crippen LogP contribution in [0.25, 0.3) is 33.5 Å². The van der Waals surface area contributed by atoms with Gasteiger partial charge >= 0.3 is 0 Å². The predicted octanol–water partition coefficient (Wildman–Crippen LogP) is 3.97. The van der Waals surface area contributed by atoms with Crippen LogP contribution in [-0.2, 0) is 6.61 Å². The Kier molecular flexibility index (Phi) is 3.91. The molecule has 1 aromatic carbocycles. The average Bonchev–Trinajstić information content (AvgIpc) is 3.12. The number of hydrogen-bond acceptors (Lipinski definition) is 4. The molecule has 0 unspecified atom stereocenters. The van der Waals surface area contributed by atoms with Gasteiger partial charge in [-0.25, -0.2) is 9.37 Å². The van der Waals surface area contributed by atoms with Crippen LogP contribution in [0.15, 0.2) is 48.8 Å². The van der Waals surface area contributed by atoms with Gasteiger partial charge in [0.2, 0.25) is 0 Å². The van der Waals surface area contributed by atoms with E-state index in [1.165, 1.54) is 12.1 Å². The summed E-state index contributed by atoms with van der Waals surface area (Å²) in [6.07, 6.45) is 3.20. The molecule has 4 rings (SSSR count). The second kappa shape index (κ2) is 6.23. The van der Waals surface area contributed by atoms with Crippen LogP contribution in [-0.4, -0.2) is 25.3 Å². The fourth-order valence-electron chi connectivity index (χ4n) is 2.66. The van der Waals surface area contributed by atoms with Crippen LogP contribution in [0.5, 0.6) is 0 Å². The summed E-state index contributed by atoms with van der Waals surface area (Å²) in [4.78, 5) is 8.83. The molecule has 0 fully saturated rings. The monoisotopic (exact) mass is 354 g/mol. The second-order valence-electron chi connectivity index (χ2n) is 5.52. The summed E-state index contributed by atoms with van der Waals surface area (Å²) in [5.41, 5.74) is 4.11. The molecule has 0 atom stereocenters. The highest BCUT2D eigenvalue weighted by Gasteiger charge is 2.15. The highest BCUT2D eigenvalue weighted by molar-refractivity contribution is 6.30. The van der Waals surface area contributed by atoms with Crippen molar-refractivity contribution in [2.75, 3.05) is 0 Å². The van der Waals surface area contributed by atoms with Crippen molar-refractivity contribution in [3.63, 3.8) is 0 Å².